The molecule has 0 aliphatic carbocycles. The predicted octanol–water partition coefficient (Wildman–Crippen LogP) is 1.84. The summed E-state index contributed by atoms with van der Waals surface area (Å²) in [5.41, 5.74) is 5.36. The van der Waals surface area contributed by atoms with Crippen LogP contribution in [-0.2, 0) is 6.61 Å². The van der Waals surface area contributed by atoms with Crippen molar-refractivity contribution in [2.75, 3.05) is 12.3 Å². The average molecular weight is 269 g/mol. The number of halogens is 1. The van der Waals surface area contributed by atoms with Crippen LogP contribution in [0.4, 0.5) is 4.39 Å². The molecule has 1 aromatic carbocycles. The highest BCUT2D eigenvalue weighted by Crippen LogP contribution is 2.17. The molecule has 18 heavy (non-hydrogen) atoms. The highest BCUT2D eigenvalue weighted by molar-refractivity contribution is 7.99. The molecule has 0 saturated carbocycles. The molecule has 0 aliphatic heterocycles. The van der Waals surface area contributed by atoms with Crippen LogP contribution in [0.15, 0.2) is 33.9 Å². The first kappa shape index (κ1) is 12.8. The lowest BCUT2D eigenvalue weighted by Gasteiger charge is -2.02. The lowest BCUT2D eigenvalue weighted by atomic mass is 10.3. The van der Waals surface area contributed by atoms with E-state index in [1.165, 1.54) is 23.9 Å². The van der Waals surface area contributed by atoms with Crippen LogP contribution in [0, 0.1) is 5.82 Å². The van der Waals surface area contributed by atoms with Crippen molar-refractivity contribution < 1.29 is 13.5 Å². The second kappa shape index (κ2) is 6.36. The molecule has 2 N–H and O–H groups in total. The molecule has 7 heteroatoms. The van der Waals surface area contributed by atoms with Crippen molar-refractivity contribution in [1.82, 2.24) is 10.2 Å². The minimum absolute atomic E-state index is 0.111. The summed E-state index contributed by atoms with van der Waals surface area (Å²) < 4.78 is 23.5. The Kier molecular flexibility index (Phi) is 4.54. The Balaban J connectivity index is 1.88. The molecule has 1 heterocycles. The first-order valence-corrected chi connectivity index (χ1v) is 6.30. The van der Waals surface area contributed by atoms with Gasteiger partial charge in [-0.3, -0.25) is 0 Å². The van der Waals surface area contributed by atoms with Crippen molar-refractivity contribution in [2.45, 2.75) is 11.8 Å². The van der Waals surface area contributed by atoms with Gasteiger partial charge < -0.3 is 14.9 Å². The van der Waals surface area contributed by atoms with E-state index in [0.717, 1.165) is 0 Å². The van der Waals surface area contributed by atoms with Gasteiger partial charge in [0, 0.05) is 18.4 Å². The van der Waals surface area contributed by atoms with Crippen LogP contribution in [0.5, 0.6) is 5.75 Å². The highest BCUT2D eigenvalue weighted by atomic mass is 32.2. The van der Waals surface area contributed by atoms with Gasteiger partial charge in [-0.25, -0.2) is 4.39 Å². The normalized spacial score (nSPS) is 10.6. The maximum absolute atomic E-state index is 12.9. The standard InChI is InChI=1S/C11H12FN3O2S/c12-8-2-1-3-9(6-8)16-7-10-14-15-11(17-10)18-5-4-13/h1-3,6H,4-5,7,13H2. The highest BCUT2D eigenvalue weighted by Gasteiger charge is 2.07. The van der Waals surface area contributed by atoms with Crippen molar-refractivity contribution in [2.24, 2.45) is 5.73 Å². The number of ether oxygens (including phenoxy) is 1. The Labute approximate surface area is 108 Å². The smallest absolute Gasteiger partial charge is 0.276 e. The number of hydrogen-bond acceptors (Lipinski definition) is 6. The van der Waals surface area contributed by atoms with Gasteiger partial charge in [-0.15, -0.1) is 10.2 Å². The summed E-state index contributed by atoms with van der Waals surface area (Å²) in [6, 6.07) is 5.87. The van der Waals surface area contributed by atoms with Gasteiger partial charge in [0.1, 0.15) is 11.6 Å². The topological polar surface area (TPSA) is 74.2 Å². The van der Waals surface area contributed by atoms with E-state index in [9.17, 15) is 4.39 Å². The third-order valence-corrected chi connectivity index (χ3v) is 2.80. The van der Waals surface area contributed by atoms with E-state index in [4.69, 9.17) is 14.9 Å². The van der Waals surface area contributed by atoms with Gasteiger partial charge >= 0.3 is 0 Å². The summed E-state index contributed by atoms with van der Waals surface area (Å²) in [7, 11) is 0. The monoisotopic (exact) mass is 269 g/mol. The summed E-state index contributed by atoms with van der Waals surface area (Å²) in [6.45, 7) is 0.655. The fraction of sp³-hybridized carbons (Fsp3) is 0.273. The van der Waals surface area contributed by atoms with E-state index in [1.54, 1.807) is 12.1 Å². The SMILES string of the molecule is NCCSc1nnc(COc2cccc(F)c2)o1. The molecule has 0 radical (unpaired) electrons. The van der Waals surface area contributed by atoms with Crippen LogP contribution >= 0.6 is 11.8 Å². The summed E-state index contributed by atoms with van der Waals surface area (Å²) in [4.78, 5) is 0. The quantitative estimate of drug-likeness (QED) is 0.806. The molecule has 0 saturated heterocycles. The van der Waals surface area contributed by atoms with Gasteiger partial charge in [0.2, 0.25) is 0 Å². The minimum atomic E-state index is -0.350. The van der Waals surface area contributed by atoms with Crippen molar-refractivity contribution in [3.8, 4) is 5.75 Å². The molecule has 0 bridgehead atoms. The number of nitrogens with two attached hydrogens (primary N) is 1. The average Bonchev–Trinajstić information content (AvgIpc) is 2.82. The van der Waals surface area contributed by atoms with Gasteiger partial charge in [-0.05, 0) is 12.1 Å². The fourth-order valence-corrected chi connectivity index (χ4v) is 1.75. The molecule has 0 spiro atoms. The number of benzene rings is 1. The van der Waals surface area contributed by atoms with Gasteiger partial charge in [-0.1, -0.05) is 17.8 Å². The van der Waals surface area contributed by atoms with Gasteiger partial charge in [0.25, 0.3) is 11.1 Å². The molecule has 2 rings (SSSR count). The maximum Gasteiger partial charge on any atom is 0.276 e. The molecule has 2 aromatic rings. The molecule has 0 fully saturated rings. The zero-order valence-corrected chi connectivity index (χ0v) is 10.3. The van der Waals surface area contributed by atoms with E-state index in [0.29, 0.717) is 29.2 Å². The van der Waals surface area contributed by atoms with E-state index in [-0.39, 0.29) is 12.4 Å². The van der Waals surface area contributed by atoms with Crippen molar-refractivity contribution in [1.29, 1.82) is 0 Å². The largest absolute Gasteiger partial charge is 0.484 e. The van der Waals surface area contributed by atoms with Crippen molar-refractivity contribution in [3.63, 3.8) is 0 Å². The summed E-state index contributed by atoms with van der Waals surface area (Å²) in [6.07, 6.45) is 0. The second-order valence-corrected chi connectivity index (χ2v) is 4.39. The van der Waals surface area contributed by atoms with Gasteiger partial charge in [-0.2, -0.15) is 0 Å². The van der Waals surface area contributed by atoms with Crippen LogP contribution in [0.25, 0.3) is 0 Å². The molecule has 0 aliphatic rings. The van der Waals surface area contributed by atoms with Crippen LogP contribution in [0.1, 0.15) is 5.89 Å². The Morgan fingerprint density at radius 1 is 1.39 bits per heavy atom. The molecular formula is C11H12FN3O2S. The second-order valence-electron chi connectivity index (χ2n) is 3.34. The molecule has 5 nitrogen and oxygen atoms in total. The van der Waals surface area contributed by atoms with Crippen LogP contribution in [0.2, 0.25) is 0 Å². The van der Waals surface area contributed by atoms with E-state index < -0.39 is 0 Å². The number of hydrogen-bond donors (Lipinski definition) is 1. The number of rotatable bonds is 6. The minimum Gasteiger partial charge on any atom is -0.484 e. The lowest BCUT2D eigenvalue weighted by Crippen LogP contribution is -2.00. The van der Waals surface area contributed by atoms with Crippen LogP contribution < -0.4 is 10.5 Å². The van der Waals surface area contributed by atoms with Crippen molar-refractivity contribution >= 4 is 11.8 Å². The number of aromatic nitrogens is 2. The third kappa shape index (κ3) is 3.71. The Morgan fingerprint density at radius 3 is 3.06 bits per heavy atom. The first-order chi connectivity index (χ1) is 8.78. The van der Waals surface area contributed by atoms with E-state index in [2.05, 4.69) is 10.2 Å². The third-order valence-electron chi connectivity index (χ3n) is 1.95. The Hall–Kier alpha value is -1.60. The molecule has 1 aromatic heterocycles. The number of nitrogens with zero attached hydrogens (tertiary/aromatic N) is 2. The first-order valence-electron chi connectivity index (χ1n) is 5.31. The molecule has 96 valence electrons. The maximum atomic E-state index is 12.9. The summed E-state index contributed by atoms with van der Waals surface area (Å²) >= 11 is 1.38. The lowest BCUT2D eigenvalue weighted by molar-refractivity contribution is 0.251. The van der Waals surface area contributed by atoms with Gasteiger partial charge in [0.05, 0.1) is 0 Å². The molecular weight excluding hydrogens is 257 g/mol. The Bertz CT molecular complexity index is 507. The van der Waals surface area contributed by atoms with Crippen molar-refractivity contribution in [3.05, 3.63) is 36.0 Å². The summed E-state index contributed by atoms with van der Waals surface area (Å²) in [5.74, 6) is 1.13. The zero-order valence-electron chi connectivity index (χ0n) is 9.51. The Morgan fingerprint density at radius 2 is 2.28 bits per heavy atom. The summed E-state index contributed by atoms with van der Waals surface area (Å²) in [5, 5.41) is 8.09. The van der Waals surface area contributed by atoms with E-state index >= 15 is 0 Å². The zero-order chi connectivity index (χ0) is 12.8. The van der Waals surface area contributed by atoms with E-state index in [1.807, 2.05) is 0 Å². The van der Waals surface area contributed by atoms with Crippen LogP contribution in [-0.4, -0.2) is 22.5 Å². The van der Waals surface area contributed by atoms with Crippen LogP contribution in [0.3, 0.4) is 0 Å². The predicted molar refractivity (Wildman–Crippen MR) is 64.8 cm³/mol. The fourth-order valence-electron chi connectivity index (χ4n) is 1.20. The molecule has 0 atom stereocenters. The molecule has 0 amide bonds. The number of thioether (sulfide) groups is 1. The molecule has 0 unspecified atom stereocenters. The van der Waals surface area contributed by atoms with Gasteiger partial charge in [0.15, 0.2) is 6.61 Å².